The first kappa shape index (κ1) is 13.2. The van der Waals surface area contributed by atoms with Gasteiger partial charge in [-0.15, -0.1) is 0 Å². The van der Waals surface area contributed by atoms with E-state index < -0.39 is 12.1 Å². The predicted octanol–water partition coefficient (Wildman–Crippen LogP) is 0.728. The molecule has 1 amide bonds. The summed E-state index contributed by atoms with van der Waals surface area (Å²) in [7, 11) is 1.60. The largest absolute Gasteiger partial charge is 0.479 e. The summed E-state index contributed by atoms with van der Waals surface area (Å²) < 4.78 is 9.97. The number of carboxylic acid groups (broad SMARTS) is 1. The molecule has 1 atom stereocenters. The molecule has 0 aromatic carbocycles. The van der Waals surface area contributed by atoms with E-state index in [1.807, 2.05) is 0 Å². The molecule has 0 radical (unpaired) electrons. The monoisotopic (exact) mass is 241 g/mol. The third-order valence-corrected chi connectivity index (χ3v) is 2.20. The third kappa shape index (κ3) is 4.28. The summed E-state index contributed by atoms with van der Waals surface area (Å²) in [5.74, 6) is -0.729. The van der Waals surface area contributed by atoms with Gasteiger partial charge in [0.2, 0.25) is 5.91 Å². The number of aliphatic carboxylic acids is 1. The van der Waals surface area contributed by atoms with Crippen molar-refractivity contribution in [2.24, 2.45) is 0 Å². The molecule has 1 rings (SSSR count). The summed E-state index contributed by atoms with van der Waals surface area (Å²) in [6, 6.07) is 3.49. The molecule has 0 bridgehead atoms. The predicted molar refractivity (Wildman–Crippen MR) is 58.2 cm³/mol. The number of nitrogens with zero attached hydrogens (tertiary/aromatic N) is 1. The quantitative estimate of drug-likeness (QED) is 0.794. The van der Waals surface area contributed by atoms with E-state index >= 15 is 0 Å². The van der Waals surface area contributed by atoms with Crippen molar-refractivity contribution in [2.75, 3.05) is 13.7 Å². The van der Waals surface area contributed by atoms with Gasteiger partial charge in [-0.3, -0.25) is 4.79 Å². The second-order valence-electron chi connectivity index (χ2n) is 3.62. The van der Waals surface area contributed by atoms with Crippen LogP contribution in [-0.4, -0.2) is 41.6 Å². The van der Waals surface area contributed by atoms with Crippen LogP contribution in [0.15, 0.2) is 22.8 Å². The number of hydrogen-bond donors (Lipinski definition) is 1. The maximum atomic E-state index is 11.6. The number of carboxylic acids is 1. The first-order valence-corrected chi connectivity index (χ1v) is 5.11. The van der Waals surface area contributed by atoms with Crippen LogP contribution >= 0.6 is 0 Å². The average Bonchev–Trinajstić information content (AvgIpc) is 2.77. The molecule has 1 unspecified atom stereocenters. The lowest BCUT2D eigenvalue weighted by Gasteiger charge is -2.16. The summed E-state index contributed by atoms with van der Waals surface area (Å²) in [5, 5.41) is 8.58. The summed E-state index contributed by atoms with van der Waals surface area (Å²) in [5.41, 5.74) is 0. The molecular weight excluding hydrogens is 226 g/mol. The Morgan fingerprint density at radius 3 is 2.82 bits per heavy atom. The van der Waals surface area contributed by atoms with E-state index in [1.54, 1.807) is 19.2 Å². The SMILES string of the molecule is CC(OCC(=O)N(C)Cc1ccco1)C(=O)O. The highest BCUT2D eigenvalue weighted by Gasteiger charge is 2.16. The molecule has 94 valence electrons. The van der Waals surface area contributed by atoms with Gasteiger partial charge in [-0.05, 0) is 19.1 Å². The van der Waals surface area contributed by atoms with Crippen molar-refractivity contribution in [3.63, 3.8) is 0 Å². The van der Waals surface area contributed by atoms with Gasteiger partial charge in [-0.25, -0.2) is 4.79 Å². The zero-order valence-electron chi connectivity index (χ0n) is 9.75. The minimum absolute atomic E-state index is 0.259. The topological polar surface area (TPSA) is 80.0 Å². The number of carbonyl (C=O) groups is 2. The molecule has 0 aliphatic carbocycles. The first-order chi connectivity index (χ1) is 8.00. The smallest absolute Gasteiger partial charge is 0.332 e. The van der Waals surface area contributed by atoms with Crippen molar-refractivity contribution >= 4 is 11.9 Å². The zero-order chi connectivity index (χ0) is 12.8. The lowest BCUT2D eigenvalue weighted by molar-refractivity contribution is -0.152. The van der Waals surface area contributed by atoms with E-state index in [0.29, 0.717) is 12.3 Å². The summed E-state index contributed by atoms with van der Waals surface area (Å²) in [6.45, 7) is 1.45. The molecule has 0 saturated carbocycles. The van der Waals surface area contributed by atoms with Crippen LogP contribution < -0.4 is 0 Å². The fourth-order valence-electron chi connectivity index (χ4n) is 1.10. The van der Waals surface area contributed by atoms with Crippen LogP contribution in [-0.2, 0) is 20.9 Å². The maximum absolute atomic E-state index is 11.6. The van der Waals surface area contributed by atoms with E-state index in [0.717, 1.165) is 0 Å². The van der Waals surface area contributed by atoms with E-state index in [4.69, 9.17) is 14.3 Å². The van der Waals surface area contributed by atoms with Crippen molar-refractivity contribution in [3.05, 3.63) is 24.2 Å². The number of rotatable bonds is 6. The van der Waals surface area contributed by atoms with Crippen LogP contribution in [0.25, 0.3) is 0 Å². The van der Waals surface area contributed by atoms with Gasteiger partial charge in [-0.1, -0.05) is 0 Å². The van der Waals surface area contributed by atoms with Gasteiger partial charge in [0.25, 0.3) is 0 Å². The Morgan fingerprint density at radius 1 is 1.59 bits per heavy atom. The van der Waals surface area contributed by atoms with Gasteiger partial charge >= 0.3 is 5.97 Å². The minimum atomic E-state index is -1.09. The second-order valence-corrected chi connectivity index (χ2v) is 3.62. The van der Waals surface area contributed by atoms with E-state index in [1.165, 1.54) is 18.1 Å². The summed E-state index contributed by atoms with van der Waals surface area (Å²) in [6.07, 6.45) is 0.535. The van der Waals surface area contributed by atoms with Crippen LogP contribution in [0.4, 0.5) is 0 Å². The Morgan fingerprint density at radius 2 is 2.29 bits per heavy atom. The van der Waals surface area contributed by atoms with E-state index in [-0.39, 0.29) is 12.5 Å². The minimum Gasteiger partial charge on any atom is -0.479 e. The van der Waals surface area contributed by atoms with Gasteiger partial charge in [-0.2, -0.15) is 0 Å². The Labute approximate surface area is 98.8 Å². The molecule has 0 fully saturated rings. The molecule has 17 heavy (non-hydrogen) atoms. The molecule has 0 spiro atoms. The number of likely N-dealkylation sites (N-methyl/N-ethyl adjacent to an activating group) is 1. The normalized spacial score (nSPS) is 12.1. The van der Waals surface area contributed by atoms with Crippen LogP contribution in [0.1, 0.15) is 12.7 Å². The molecule has 0 aliphatic heterocycles. The molecule has 1 aromatic rings. The Bertz CT molecular complexity index is 373. The van der Waals surface area contributed by atoms with Crippen LogP contribution in [0.2, 0.25) is 0 Å². The lowest BCUT2D eigenvalue weighted by atomic mass is 10.4. The number of furan rings is 1. The fraction of sp³-hybridized carbons (Fsp3) is 0.455. The van der Waals surface area contributed by atoms with Crippen molar-refractivity contribution < 1.29 is 23.8 Å². The van der Waals surface area contributed by atoms with Crippen LogP contribution in [0.3, 0.4) is 0 Å². The first-order valence-electron chi connectivity index (χ1n) is 5.11. The molecule has 6 heteroatoms. The van der Waals surface area contributed by atoms with Crippen LogP contribution in [0.5, 0.6) is 0 Å². The van der Waals surface area contributed by atoms with Gasteiger partial charge in [0.05, 0.1) is 12.8 Å². The standard InChI is InChI=1S/C11H15NO5/c1-8(11(14)15)17-7-10(13)12(2)6-9-4-3-5-16-9/h3-5,8H,6-7H2,1-2H3,(H,14,15). The van der Waals surface area contributed by atoms with Crippen molar-refractivity contribution in [3.8, 4) is 0 Å². The van der Waals surface area contributed by atoms with Gasteiger partial charge in [0.1, 0.15) is 12.4 Å². The highest BCUT2D eigenvalue weighted by atomic mass is 16.5. The van der Waals surface area contributed by atoms with E-state index in [2.05, 4.69) is 0 Å². The summed E-state index contributed by atoms with van der Waals surface area (Å²) >= 11 is 0. The number of hydrogen-bond acceptors (Lipinski definition) is 4. The number of carbonyl (C=O) groups excluding carboxylic acids is 1. The van der Waals surface area contributed by atoms with Gasteiger partial charge in [0, 0.05) is 7.05 Å². The van der Waals surface area contributed by atoms with Gasteiger partial charge in [0.15, 0.2) is 6.10 Å². The maximum Gasteiger partial charge on any atom is 0.332 e. The van der Waals surface area contributed by atoms with Crippen LogP contribution in [0, 0.1) is 0 Å². The summed E-state index contributed by atoms with van der Waals surface area (Å²) in [4.78, 5) is 23.4. The average molecular weight is 241 g/mol. The molecule has 6 nitrogen and oxygen atoms in total. The van der Waals surface area contributed by atoms with Crippen molar-refractivity contribution in [2.45, 2.75) is 19.6 Å². The third-order valence-electron chi connectivity index (χ3n) is 2.20. The molecule has 0 saturated heterocycles. The van der Waals surface area contributed by atoms with Crippen molar-refractivity contribution in [1.29, 1.82) is 0 Å². The van der Waals surface area contributed by atoms with E-state index in [9.17, 15) is 9.59 Å². The molecule has 1 N–H and O–H groups in total. The molecule has 0 aliphatic rings. The Kier molecular flexibility index (Phi) is 4.71. The number of amides is 1. The second kappa shape index (κ2) is 6.05. The fourth-order valence-corrected chi connectivity index (χ4v) is 1.10. The molecule has 1 heterocycles. The van der Waals surface area contributed by atoms with Crippen molar-refractivity contribution in [1.82, 2.24) is 4.90 Å². The number of ether oxygens (including phenoxy) is 1. The Hall–Kier alpha value is -1.82. The highest BCUT2D eigenvalue weighted by molar-refractivity contribution is 5.78. The Balaban J connectivity index is 2.34. The zero-order valence-corrected chi connectivity index (χ0v) is 9.75. The lowest BCUT2D eigenvalue weighted by Crippen LogP contribution is -2.32. The highest BCUT2D eigenvalue weighted by Crippen LogP contribution is 2.04. The molecule has 1 aromatic heterocycles. The van der Waals surface area contributed by atoms with Gasteiger partial charge < -0.3 is 19.2 Å². The molecular formula is C11H15NO5.